The number of nitrogens with one attached hydrogen (secondary N) is 3. The first-order chi connectivity index (χ1) is 14.9. The Bertz CT molecular complexity index is 1060. The molecule has 0 aliphatic heterocycles. The number of halogens is 2. The number of rotatable bonds is 7. The van der Waals surface area contributed by atoms with Gasteiger partial charge in [0.05, 0.1) is 0 Å². The summed E-state index contributed by atoms with van der Waals surface area (Å²) in [6.07, 6.45) is 0.673. The predicted molar refractivity (Wildman–Crippen MR) is 121 cm³/mol. The number of benzene rings is 2. The highest BCUT2D eigenvalue weighted by Gasteiger charge is 2.27. The Hall–Kier alpha value is -3.04. The molecular formula is C21H21ClFN5O2S. The highest BCUT2D eigenvalue weighted by molar-refractivity contribution is 7.18. The molecule has 0 fully saturated rings. The first-order valence-corrected chi connectivity index (χ1v) is 10.8. The number of hydrogen-bond acceptors (Lipinski definition) is 5. The van der Waals surface area contributed by atoms with Crippen molar-refractivity contribution in [1.82, 2.24) is 15.5 Å². The Labute approximate surface area is 188 Å². The maximum absolute atomic E-state index is 13.1. The summed E-state index contributed by atoms with van der Waals surface area (Å²) in [6.45, 7) is 3.80. The van der Waals surface area contributed by atoms with Crippen LogP contribution in [0.5, 0.6) is 0 Å². The minimum atomic E-state index is -0.789. The van der Waals surface area contributed by atoms with Crippen molar-refractivity contribution in [2.45, 2.75) is 26.3 Å². The van der Waals surface area contributed by atoms with Gasteiger partial charge in [-0.1, -0.05) is 49.3 Å². The molecule has 162 valence electrons. The molecule has 0 unspecified atom stereocenters. The first-order valence-electron chi connectivity index (χ1n) is 9.59. The van der Waals surface area contributed by atoms with Crippen LogP contribution in [0.25, 0.3) is 10.6 Å². The maximum atomic E-state index is 13.1. The van der Waals surface area contributed by atoms with Crippen LogP contribution < -0.4 is 16.0 Å². The van der Waals surface area contributed by atoms with Crippen LogP contribution in [0.4, 0.5) is 20.0 Å². The summed E-state index contributed by atoms with van der Waals surface area (Å²) in [6, 6.07) is 11.2. The number of hydrogen-bond donors (Lipinski definition) is 3. The van der Waals surface area contributed by atoms with Crippen LogP contribution in [0.1, 0.15) is 20.3 Å². The monoisotopic (exact) mass is 461 g/mol. The van der Waals surface area contributed by atoms with Gasteiger partial charge in [0.2, 0.25) is 11.0 Å². The van der Waals surface area contributed by atoms with Crippen molar-refractivity contribution < 1.29 is 14.0 Å². The van der Waals surface area contributed by atoms with E-state index >= 15 is 0 Å². The number of aromatic nitrogens is 2. The maximum Gasteiger partial charge on any atom is 0.319 e. The van der Waals surface area contributed by atoms with E-state index in [1.807, 2.05) is 13.8 Å². The zero-order chi connectivity index (χ0) is 22.4. The largest absolute Gasteiger partial charge is 0.326 e. The standard InChI is InChI=1S/C21H21ClFN5O2S/c1-3-12(2)17(25-20(30)24-16-6-4-5-14(22)11-16)18(29)26-21-28-27-19(31-21)13-7-9-15(23)10-8-13/h4-12,17H,3H2,1-2H3,(H2,24,25,30)(H,26,28,29)/t12-,17-/m0/s1. The summed E-state index contributed by atoms with van der Waals surface area (Å²) in [7, 11) is 0. The molecule has 0 radical (unpaired) electrons. The SMILES string of the molecule is CC[C@H](C)[C@H](NC(=O)Nc1cccc(Cl)c1)C(=O)Nc1nnc(-c2ccc(F)cc2)s1. The predicted octanol–water partition coefficient (Wildman–Crippen LogP) is 5.17. The van der Waals surface area contributed by atoms with Gasteiger partial charge in [-0.3, -0.25) is 10.1 Å². The zero-order valence-electron chi connectivity index (χ0n) is 16.9. The van der Waals surface area contributed by atoms with E-state index in [-0.39, 0.29) is 16.9 Å². The van der Waals surface area contributed by atoms with E-state index in [0.29, 0.717) is 27.7 Å². The molecule has 3 N–H and O–H groups in total. The Morgan fingerprint density at radius 2 is 1.87 bits per heavy atom. The lowest BCUT2D eigenvalue weighted by Crippen LogP contribution is -2.49. The molecule has 3 amide bonds. The molecule has 0 aliphatic carbocycles. The number of anilines is 2. The lowest BCUT2D eigenvalue weighted by molar-refractivity contribution is -0.119. The molecule has 1 heterocycles. The van der Waals surface area contributed by atoms with E-state index in [0.717, 1.165) is 11.3 Å². The van der Waals surface area contributed by atoms with Crippen LogP contribution in [0.2, 0.25) is 5.02 Å². The van der Waals surface area contributed by atoms with Gasteiger partial charge in [0.25, 0.3) is 0 Å². The van der Waals surface area contributed by atoms with Crippen LogP contribution in [-0.2, 0) is 4.79 Å². The molecular weight excluding hydrogens is 441 g/mol. The fourth-order valence-corrected chi connectivity index (χ4v) is 3.68. The lowest BCUT2D eigenvalue weighted by atomic mass is 9.98. The number of amides is 3. The highest BCUT2D eigenvalue weighted by atomic mass is 35.5. The number of carbonyl (C=O) groups is 2. The van der Waals surface area contributed by atoms with Crippen molar-refractivity contribution in [2.24, 2.45) is 5.92 Å². The smallest absolute Gasteiger partial charge is 0.319 e. The van der Waals surface area contributed by atoms with Crippen LogP contribution >= 0.6 is 22.9 Å². The van der Waals surface area contributed by atoms with E-state index in [2.05, 4.69) is 26.1 Å². The van der Waals surface area contributed by atoms with Gasteiger partial charge in [0.1, 0.15) is 16.9 Å². The van der Waals surface area contributed by atoms with Gasteiger partial charge >= 0.3 is 6.03 Å². The quantitative estimate of drug-likeness (QED) is 0.452. The zero-order valence-corrected chi connectivity index (χ0v) is 18.4. The van der Waals surface area contributed by atoms with Gasteiger partial charge in [-0.05, 0) is 48.4 Å². The summed E-state index contributed by atoms with van der Waals surface area (Å²) in [4.78, 5) is 25.3. The normalized spacial score (nSPS) is 12.6. The molecule has 3 rings (SSSR count). The Balaban J connectivity index is 1.67. The fraction of sp³-hybridized carbons (Fsp3) is 0.238. The molecule has 3 aromatic rings. The average Bonchev–Trinajstić information content (AvgIpc) is 3.20. The second kappa shape index (κ2) is 10.3. The minimum Gasteiger partial charge on any atom is -0.326 e. The van der Waals surface area contributed by atoms with Crippen LogP contribution in [0.3, 0.4) is 0 Å². The van der Waals surface area contributed by atoms with E-state index in [1.165, 1.54) is 12.1 Å². The molecule has 0 spiro atoms. The average molecular weight is 462 g/mol. The Morgan fingerprint density at radius 3 is 2.55 bits per heavy atom. The van der Waals surface area contributed by atoms with Crippen molar-refractivity contribution in [1.29, 1.82) is 0 Å². The molecule has 31 heavy (non-hydrogen) atoms. The molecule has 10 heteroatoms. The summed E-state index contributed by atoms with van der Waals surface area (Å²) < 4.78 is 13.1. The molecule has 2 atom stereocenters. The Kier molecular flexibility index (Phi) is 7.54. The van der Waals surface area contributed by atoms with Gasteiger partial charge in [0, 0.05) is 16.3 Å². The summed E-state index contributed by atoms with van der Waals surface area (Å²) >= 11 is 7.10. The third-order valence-electron chi connectivity index (χ3n) is 4.61. The third kappa shape index (κ3) is 6.22. The first kappa shape index (κ1) is 22.6. The number of nitrogens with zero attached hydrogens (tertiary/aromatic N) is 2. The summed E-state index contributed by atoms with van der Waals surface area (Å²) in [5.74, 6) is -0.882. The van der Waals surface area contributed by atoms with Crippen molar-refractivity contribution in [3.63, 3.8) is 0 Å². The van der Waals surface area contributed by atoms with Crippen LogP contribution in [0.15, 0.2) is 48.5 Å². The topological polar surface area (TPSA) is 96.0 Å². The van der Waals surface area contributed by atoms with E-state index in [1.54, 1.807) is 36.4 Å². The molecule has 0 aliphatic rings. The summed E-state index contributed by atoms with van der Waals surface area (Å²) in [5.41, 5.74) is 1.21. The molecule has 0 saturated heterocycles. The number of carbonyl (C=O) groups excluding carboxylic acids is 2. The minimum absolute atomic E-state index is 0.130. The highest BCUT2D eigenvalue weighted by Crippen LogP contribution is 2.26. The van der Waals surface area contributed by atoms with Gasteiger partial charge in [-0.15, -0.1) is 10.2 Å². The van der Waals surface area contributed by atoms with Crippen molar-refractivity contribution >= 4 is 45.7 Å². The van der Waals surface area contributed by atoms with Crippen molar-refractivity contribution in [3.05, 3.63) is 59.4 Å². The van der Waals surface area contributed by atoms with E-state index in [9.17, 15) is 14.0 Å². The second-order valence-electron chi connectivity index (χ2n) is 6.88. The van der Waals surface area contributed by atoms with Crippen LogP contribution in [-0.4, -0.2) is 28.2 Å². The molecule has 0 bridgehead atoms. The molecule has 0 saturated carbocycles. The van der Waals surface area contributed by atoms with Gasteiger partial charge < -0.3 is 10.6 Å². The van der Waals surface area contributed by atoms with Crippen molar-refractivity contribution in [2.75, 3.05) is 10.6 Å². The molecule has 2 aromatic carbocycles. The van der Waals surface area contributed by atoms with Gasteiger partial charge in [-0.25, -0.2) is 9.18 Å². The van der Waals surface area contributed by atoms with Gasteiger partial charge in [0.15, 0.2) is 0 Å². The van der Waals surface area contributed by atoms with E-state index < -0.39 is 18.0 Å². The van der Waals surface area contributed by atoms with E-state index in [4.69, 9.17) is 11.6 Å². The van der Waals surface area contributed by atoms with Gasteiger partial charge in [-0.2, -0.15) is 0 Å². The molecule has 1 aromatic heterocycles. The Morgan fingerprint density at radius 1 is 1.13 bits per heavy atom. The fourth-order valence-electron chi connectivity index (χ4n) is 2.74. The second-order valence-corrected chi connectivity index (χ2v) is 8.29. The summed E-state index contributed by atoms with van der Waals surface area (Å²) in [5, 5.41) is 17.4. The van der Waals surface area contributed by atoms with Crippen LogP contribution in [0, 0.1) is 11.7 Å². The third-order valence-corrected chi connectivity index (χ3v) is 5.73. The number of urea groups is 1. The lowest BCUT2D eigenvalue weighted by Gasteiger charge is -2.23. The van der Waals surface area contributed by atoms with Crippen molar-refractivity contribution in [3.8, 4) is 10.6 Å². The molecule has 7 nitrogen and oxygen atoms in total.